The number of phosphoric acid groups is 2. The van der Waals surface area contributed by atoms with E-state index in [1.807, 2.05) is 0 Å². The van der Waals surface area contributed by atoms with Crippen LogP contribution in [0.1, 0.15) is 311 Å². The second-order valence-corrected chi connectivity index (χ2v) is 26.4. The molecule has 19 heteroatoms. The van der Waals surface area contributed by atoms with Crippen LogP contribution in [0, 0.1) is 11.8 Å². The monoisotopic (exact) mass is 1210 g/mol. The molecular formula is C63H122O17P2. The number of esters is 4. The van der Waals surface area contributed by atoms with Gasteiger partial charge in [-0.15, -0.1) is 0 Å². The Morgan fingerprint density at radius 1 is 0.354 bits per heavy atom. The summed E-state index contributed by atoms with van der Waals surface area (Å²) < 4.78 is 67.7. The minimum Gasteiger partial charge on any atom is -0.462 e. The molecule has 17 nitrogen and oxygen atoms in total. The average Bonchev–Trinajstić information content (AvgIpc) is 3.46. The van der Waals surface area contributed by atoms with E-state index in [-0.39, 0.29) is 25.7 Å². The van der Waals surface area contributed by atoms with Gasteiger partial charge in [0.1, 0.15) is 19.3 Å². The van der Waals surface area contributed by atoms with Crippen molar-refractivity contribution in [1.82, 2.24) is 0 Å². The molecule has 82 heavy (non-hydrogen) atoms. The van der Waals surface area contributed by atoms with Crippen LogP contribution in [-0.2, 0) is 65.4 Å². The summed E-state index contributed by atoms with van der Waals surface area (Å²) >= 11 is 0. The number of aliphatic hydroxyl groups excluding tert-OH is 1. The third kappa shape index (κ3) is 55.9. The van der Waals surface area contributed by atoms with Crippen LogP contribution < -0.4 is 0 Å². The first kappa shape index (κ1) is 80.1. The van der Waals surface area contributed by atoms with Gasteiger partial charge in [-0.3, -0.25) is 37.3 Å². The average molecular weight is 1210 g/mol. The maximum atomic E-state index is 13.0. The number of rotatable bonds is 62. The zero-order chi connectivity index (χ0) is 60.8. The molecule has 0 radical (unpaired) electrons. The SMILES string of the molecule is CCCCCCCCCCCCC(=O)O[C@H](COC(=O)CCCCCCC)COP(=O)(O)OC[C@H](O)COP(=O)(O)OC[C@@H](COC(=O)CCCCCCCCC(C)CC)OC(=O)CCCCCCCCCCCCCCCCC(C)C. The van der Waals surface area contributed by atoms with Gasteiger partial charge < -0.3 is 33.8 Å². The molecule has 0 aliphatic carbocycles. The summed E-state index contributed by atoms with van der Waals surface area (Å²) in [5.74, 6) is -0.621. The zero-order valence-electron chi connectivity index (χ0n) is 52.8. The topological polar surface area (TPSA) is 237 Å². The molecule has 0 saturated heterocycles. The first-order chi connectivity index (χ1) is 39.4. The molecule has 0 aromatic carbocycles. The lowest BCUT2D eigenvalue weighted by atomic mass is 10.00. The number of ether oxygens (including phenoxy) is 4. The van der Waals surface area contributed by atoms with Gasteiger partial charge in [0, 0.05) is 25.7 Å². The lowest BCUT2D eigenvalue weighted by molar-refractivity contribution is -0.161. The van der Waals surface area contributed by atoms with E-state index in [1.165, 1.54) is 116 Å². The number of hydrogen-bond donors (Lipinski definition) is 3. The second kappa shape index (κ2) is 55.6. The molecule has 0 aliphatic rings. The van der Waals surface area contributed by atoms with Crippen molar-refractivity contribution in [3.63, 3.8) is 0 Å². The molecule has 3 unspecified atom stereocenters. The minimum absolute atomic E-state index is 0.105. The molecular weight excluding hydrogens is 1090 g/mol. The van der Waals surface area contributed by atoms with E-state index >= 15 is 0 Å². The Balaban J connectivity index is 5.15. The molecule has 486 valence electrons. The summed E-state index contributed by atoms with van der Waals surface area (Å²) in [6.45, 7) is 9.37. The van der Waals surface area contributed by atoms with Crippen molar-refractivity contribution in [2.75, 3.05) is 39.6 Å². The van der Waals surface area contributed by atoms with Crippen LogP contribution >= 0.6 is 15.6 Å². The van der Waals surface area contributed by atoms with Crippen molar-refractivity contribution in [3.05, 3.63) is 0 Å². The van der Waals surface area contributed by atoms with Gasteiger partial charge in [-0.05, 0) is 37.5 Å². The summed E-state index contributed by atoms with van der Waals surface area (Å²) in [6, 6.07) is 0. The van der Waals surface area contributed by atoms with Gasteiger partial charge in [0.05, 0.1) is 26.4 Å². The van der Waals surface area contributed by atoms with E-state index in [9.17, 15) is 43.2 Å². The highest BCUT2D eigenvalue weighted by atomic mass is 31.2. The molecule has 6 atom stereocenters. The highest BCUT2D eigenvalue weighted by Gasteiger charge is 2.30. The van der Waals surface area contributed by atoms with Crippen molar-refractivity contribution in [1.29, 1.82) is 0 Å². The van der Waals surface area contributed by atoms with Crippen LogP contribution in [0.4, 0.5) is 0 Å². The van der Waals surface area contributed by atoms with Crippen molar-refractivity contribution >= 4 is 39.5 Å². The van der Waals surface area contributed by atoms with Gasteiger partial charge in [-0.25, -0.2) is 9.13 Å². The standard InChI is InChI=1S/C63H122O17P2/c1-7-10-12-14-15-16-24-27-35-41-47-62(67)79-58(51-73-60(65)45-39-31-13-11-8-2)53-77-81(69,70)75-49-57(64)50-76-82(71,72)78-54-59(52-74-61(66)46-40-34-30-29-33-38-44-56(6)9-3)80-63(68)48-42-36-28-25-22-20-18-17-19-21-23-26-32-37-43-55(4)5/h55-59,64H,7-54H2,1-6H3,(H,69,70)(H,71,72)/t56?,57-,58+,59+/m0/s1. The van der Waals surface area contributed by atoms with Gasteiger partial charge in [-0.2, -0.15) is 0 Å². The largest absolute Gasteiger partial charge is 0.472 e. The Bertz CT molecular complexity index is 1620. The zero-order valence-corrected chi connectivity index (χ0v) is 54.6. The van der Waals surface area contributed by atoms with Gasteiger partial charge in [0.2, 0.25) is 0 Å². The molecule has 3 N–H and O–H groups in total. The number of carbonyl (C=O) groups excluding carboxylic acids is 4. The third-order valence-corrected chi connectivity index (χ3v) is 16.7. The Hall–Kier alpha value is -1.94. The molecule has 0 saturated carbocycles. The summed E-state index contributed by atoms with van der Waals surface area (Å²) in [7, 11) is -9.88. The third-order valence-electron chi connectivity index (χ3n) is 14.8. The van der Waals surface area contributed by atoms with Crippen molar-refractivity contribution in [2.24, 2.45) is 11.8 Å². The Kier molecular flexibility index (Phi) is 54.3. The molecule has 0 heterocycles. The van der Waals surface area contributed by atoms with Crippen LogP contribution in [0.25, 0.3) is 0 Å². The molecule has 0 bridgehead atoms. The molecule has 0 rings (SSSR count). The summed E-state index contributed by atoms with van der Waals surface area (Å²) in [6.07, 6.45) is 37.9. The smallest absolute Gasteiger partial charge is 0.462 e. The summed E-state index contributed by atoms with van der Waals surface area (Å²) in [5.41, 5.74) is 0. The van der Waals surface area contributed by atoms with Crippen LogP contribution in [0.3, 0.4) is 0 Å². The van der Waals surface area contributed by atoms with Gasteiger partial charge >= 0.3 is 39.5 Å². The van der Waals surface area contributed by atoms with Gasteiger partial charge in [0.15, 0.2) is 12.2 Å². The minimum atomic E-state index is -4.94. The van der Waals surface area contributed by atoms with E-state index in [4.69, 9.17) is 37.0 Å². The first-order valence-corrected chi connectivity index (χ1v) is 36.0. The number of carbonyl (C=O) groups is 4. The number of phosphoric ester groups is 2. The highest BCUT2D eigenvalue weighted by Crippen LogP contribution is 2.45. The fourth-order valence-corrected chi connectivity index (χ4v) is 10.9. The predicted molar refractivity (Wildman–Crippen MR) is 326 cm³/mol. The maximum absolute atomic E-state index is 13.0. The fraction of sp³-hybridized carbons (Fsp3) is 0.937. The van der Waals surface area contributed by atoms with E-state index in [0.717, 1.165) is 115 Å². The Morgan fingerprint density at radius 2 is 0.622 bits per heavy atom. The van der Waals surface area contributed by atoms with Gasteiger partial charge in [-0.1, -0.05) is 260 Å². The van der Waals surface area contributed by atoms with Crippen molar-refractivity contribution in [3.8, 4) is 0 Å². The maximum Gasteiger partial charge on any atom is 0.472 e. The highest BCUT2D eigenvalue weighted by molar-refractivity contribution is 7.47. The first-order valence-electron chi connectivity index (χ1n) is 33.0. The second-order valence-electron chi connectivity index (χ2n) is 23.5. The van der Waals surface area contributed by atoms with Gasteiger partial charge in [0.25, 0.3) is 0 Å². The van der Waals surface area contributed by atoms with Crippen molar-refractivity contribution in [2.45, 2.75) is 330 Å². The van der Waals surface area contributed by atoms with Crippen LogP contribution in [0.15, 0.2) is 0 Å². The number of unbranched alkanes of at least 4 members (excludes halogenated alkanes) is 31. The quantitative estimate of drug-likeness (QED) is 0.0222. The predicted octanol–water partition coefficient (Wildman–Crippen LogP) is 17.3. The molecule has 0 spiro atoms. The Morgan fingerprint density at radius 3 is 0.927 bits per heavy atom. The summed E-state index contributed by atoms with van der Waals surface area (Å²) in [4.78, 5) is 71.9. The molecule has 0 aromatic rings. The van der Waals surface area contributed by atoms with E-state index in [1.54, 1.807) is 0 Å². The lowest BCUT2D eigenvalue weighted by Crippen LogP contribution is -2.30. The van der Waals surface area contributed by atoms with Crippen LogP contribution in [0.2, 0.25) is 0 Å². The summed E-state index contributed by atoms with van der Waals surface area (Å²) in [5, 5.41) is 10.5. The van der Waals surface area contributed by atoms with E-state index in [2.05, 4.69) is 41.5 Å². The molecule has 0 aromatic heterocycles. The van der Waals surface area contributed by atoms with Crippen LogP contribution in [0.5, 0.6) is 0 Å². The van der Waals surface area contributed by atoms with E-state index in [0.29, 0.717) is 25.7 Å². The molecule has 0 fully saturated rings. The van der Waals surface area contributed by atoms with Crippen molar-refractivity contribution < 1.29 is 80.2 Å². The van der Waals surface area contributed by atoms with E-state index < -0.39 is 97.5 Å². The fourth-order valence-electron chi connectivity index (χ4n) is 9.32. The normalized spacial score (nSPS) is 14.7. The lowest BCUT2D eigenvalue weighted by Gasteiger charge is -2.21. The van der Waals surface area contributed by atoms with Crippen LogP contribution in [-0.4, -0.2) is 96.7 Å². The molecule has 0 aliphatic heterocycles. The number of aliphatic hydroxyl groups is 1. The Labute approximate surface area is 498 Å². The molecule has 0 amide bonds. The number of hydrogen-bond acceptors (Lipinski definition) is 15.